The molecule has 32 heavy (non-hydrogen) atoms. The van der Waals surface area contributed by atoms with E-state index in [0.717, 1.165) is 16.7 Å². The van der Waals surface area contributed by atoms with Crippen molar-refractivity contribution >= 4 is 17.6 Å². The number of hydrogen-bond donors (Lipinski definition) is 0. The molecule has 1 saturated heterocycles. The largest absolute Gasteiger partial charge is 0.492 e. The number of ether oxygens (including phenoxy) is 4. The fraction of sp³-hybridized carbons (Fsp3) is 0.360. The SMILES string of the molecule is COC(=O)c1ccc(C2=CCN(C(=O)OCc3ccccc3)CC2)c(OCC2COC2)c1. The van der Waals surface area contributed by atoms with Gasteiger partial charge in [0.25, 0.3) is 0 Å². The van der Waals surface area contributed by atoms with Gasteiger partial charge < -0.3 is 23.8 Å². The van der Waals surface area contributed by atoms with E-state index in [4.69, 9.17) is 18.9 Å². The van der Waals surface area contributed by atoms with Crippen LogP contribution < -0.4 is 4.74 Å². The maximum atomic E-state index is 12.4. The first kappa shape index (κ1) is 21.9. The van der Waals surface area contributed by atoms with Crippen molar-refractivity contribution in [3.63, 3.8) is 0 Å². The first-order chi connectivity index (χ1) is 15.6. The lowest BCUT2D eigenvalue weighted by Crippen LogP contribution is -2.35. The fourth-order valence-electron chi connectivity index (χ4n) is 3.63. The average molecular weight is 437 g/mol. The predicted molar refractivity (Wildman–Crippen MR) is 118 cm³/mol. The molecule has 0 radical (unpaired) electrons. The van der Waals surface area contributed by atoms with E-state index in [9.17, 15) is 9.59 Å². The highest BCUT2D eigenvalue weighted by atomic mass is 16.6. The Hall–Kier alpha value is -3.32. The first-order valence-electron chi connectivity index (χ1n) is 10.7. The molecule has 4 rings (SSSR count). The third-order valence-electron chi connectivity index (χ3n) is 5.60. The monoisotopic (exact) mass is 437 g/mol. The summed E-state index contributed by atoms with van der Waals surface area (Å²) in [6, 6.07) is 15.0. The van der Waals surface area contributed by atoms with E-state index in [2.05, 4.69) is 0 Å². The molecule has 0 unspecified atom stereocenters. The average Bonchev–Trinajstić information content (AvgIpc) is 2.81. The minimum atomic E-state index is -0.404. The lowest BCUT2D eigenvalue weighted by atomic mass is 9.97. The highest BCUT2D eigenvalue weighted by Gasteiger charge is 2.23. The van der Waals surface area contributed by atoms with Gasteiger partial charge in [-0.1, -0.05) is 42.5 Å². The van der Waals surface area contributed by atoms with Crippen molar-refractivity contribution in [3.05, 3.63) is 71.3 Å². The van der Waals surface area contributed by atoms with E-state index in [1.54, 1.807) is 17.0 Å². The summed E-state index contributed by atoms with van der Waals surface area (Å²) in [5.41, 5.74) is 3.40. The molecule has 0 N–H and O–H groups in total. The third-order valence-corrected chi connectivity index (χ3v) is 5.60. The summed E-state index contributed by atoms with van der Waals surface area (Å²) in [6.07, 6.45) is 2.35. The van der Waals surface area contributed by atoms with Crippen LogP contribution in [0.15, 0.2) is 54.6 Å². The fourth-order valence-corrected chi connectivity index (χ4v) is 3.63. The molecule has 2 heterocycles. The number of methoxy groups -OCH3 is 1. The molecule has 0 saturated carbocycles. The Morgan fingerprint density at radius 2 is 1.94 bits per heavy atom. The van der Waals surface area contributed by atoms with Crippen LogP contribution in [-0.4, -0.2) is 57.0 Å². The molecule has 0 spiro atoms. The Balaban J connectivity index is 1.42. The number of benzene rings is 2. The maximum absolute atomic E-state index is 12.4. The molecule has 0 bridgehead atoms. The molecule has 7 nitrogen and oxygen atoms in total. The van der Waals surface area contributed by atoms with Gasteiger partial charge in [0.05, 0.1) is 32.5 Å². The van der Waals surface area contributed by atoms with Crippen LogP contribution in [-0.2, 0) is 20.8 Å². The summed E-state index contributed by atoms with van der Waals surface area (Å²) in [7, 11) is 1.36. The van der Waals surface area contributed by atoms with Crippen molar-refractivity contribution in [1.82, 2.24) is 4.90 Å². The van der Waals surface area contributed by atoms with Gasteiger partial charge in [0.15, 0.2) is 0 Å². The van der Waals surface area contributed by atoms with E-state index in [1.165, 1.54) is 7.11 Å². The van der Waals surface area contributed by atoms with Crippen LogP contribution in [0.5, 0.6) is 5.75 Å². The van der Waals surface area contributed by atoms with Crippen molar-refractivity contribution < 1.29 is 28.5 Å². The van der Waals surface area contributed by atoms with Gasteiger partial charge >= 0.3 is 12.1 Å². The third kappa shape index (κ3) is 5.29. The van der Waals surface area contributed by atoms with E-state index in [0.29, 0.717) is 56.6 Å². The van der Waals surface area contributed by atoms with E-state index >= 15 is 0 Å². The molecule has 0 atom stereocenters. The van der Waals surface area contributed by atoms with Gasteiger partial charge in [-0.2, -0.15) is 0 Å². The van der Waals surface area contributed by atoms with E-state index < -0.39 is 5.97 Å². The van der Waals surface area contributed by atoms with Crippen LogP contribution in [0, 0.1) is 5.92 Å². The standard InChI is InChI=1S/C25H27NO6/c1-29-24(27)21-7-8-22(23(13-21)31-17-19-14-30-15-19)20-9-11-26(12-10-20)25(28)32-16-18-5-3-2-4-6-18/h2-9,13,19H,10-12,14-17H2,1H3. The first-order valence-corrected chi connectivity index (χ1v) is 10.7. The molecular formula is C25H27NO6. The maximum Gasteiger partial charge on any atom is 0.410 e. The molecule has 2 aromatic carbocycles. The lowest BCUT2D eigenvalue weighted by Gasteiger charge is -2.28. The number of carbonyl (C=O) groups is 2. The van der Waals surface area contributed by atoms with Gasteiger partial charge in [-0.15, -0.1) is 0 Å². The summed E-state index contributed by atoms with van der Waals surface area (Å²) >= 11 is 0. The van der Waals surface area contributed by atoms with Gasteiger partial charge in [0.2, 0.25) is 0 Å². The number of esters is 1. The van der Waals surface area contributed by atoms with Crippen molar-refractivity contribution in [1.29, 1.82) is 0 Å². The van der Waals surface area contributed by atoms with Crippen LogP contribution in [0.2, 0.25) is 0 Å². The second kappa shape index (κ2) is 10.3. The summed E-state index contributed by atoms with van der Waals surface area (Å²) in [5.74, 6) is 0.601. The zero-order valence-electron chi connectivity index (χ0n) is 18.1. The summed E-state index contributed by atoms with van der Waals surface area (Å²) in [6.45, 7) is 3.17. The minimum Gasteiger partial charge on any atom is -0.492 e. The molecule has 0 aliphatic carbocycles. The van der Waals surface area contributed by atoms with E-state index in [1.807, 2.05) is 42.5 Å². The van der Waals surface area contributed by atoms with Crippen LogP contribution in [0.25, 0.3) is 5.57 Å². The molecule has 168 valence electrons. The number of hydrogen-bond acceptors (Lipinski definition) is 6. The predicted octanol–water partition coefficient (Wildman–Crippen LogP) is 3.92. The molecule has 2 aromatic rings. The number of carbonyl (C=O) groups excluding carboxylic acids is 2. The zero-order chi connectivity index (χ0) is 22.3. The molecular weight excluding hydrogens is 410 g/mol. The molecule has 2 aliphatic heterocycles. The van der Waals surface area contributed by atoms with Crippen LogP contribution >= 0.6 is 0 Å². The van der Waals surface area contributed by atoms with Gasteiger partial charge in [-0.3, -0.25) is 0 Å². The Morgan fingerprint density at radius 3 is 2.59 bits per heavy atom. The van der Waals surface area contributed by atoms with Gasteiger partial charge in [-0.25, -0.2) is 9.59 Å². The zero-order valence-corrected chi connectivity index (χ0v) is 18.1. The Labute approximate surface area is 187 Å². The number of rotatable bonds is 7. The topological polar surface area (TPSA) is 74.3 Å². The van der Waals surface area contributed by atoms with Crippen molar-refractivity contribution in [2.75, 3.05) is 40.0 Å². The molecule has 1 fully saturated rings. The molecule has 2 aliphatic rings. The number of amides is 1. The van der Waals surface area contributed by atoms with Crippen LogP contribution in [0.4, 0.5) is 4.79 Å². The number of nitrogens with zero attached hydrogens (tertiary/aromatic N) is 1. The van der Waals surface area contributed by atoms with Crippen molar-refractivity contribution in [2.45, 2.75) is 13.0 Å². The quantitative estimate of drug-likeness (QED) is 0.611. The highest BCUT2D eigenvalue weighted by molar-refractivity contribution is 5.91. The van der Waals surface area contributed by atoms with Crippen molar-refractivity contribution in [3.8, 4) is 5.75 Å². The Kier molecular flexibility index (Phi) is 7.07. The van der Waals surface area contributed by atoms with E-state index in [-0.39, 0.29) is 12.7 Å². The lowest BCUT2D eigenvalue weighted by molar-refractivity contribution is -0.0509. The Morgan fingerprint density at radius 1 is 1.12 bits per heavy atom. The van der Waals surface area contributed by atoms with Crippen LogP contribution in [0.3, 0.4) is 0 Å². The highest BCUT2D eigenvalue weighted by Crippen LogP contribution is 2.32. The minimum absolute atomic E-state index is 0.255. The normalized spacial score (nSPS) is 16.0. The molecule has 0 aromatic heterocycles. The van der Waals surface area contributed by atoms with Crippen LogP contribution in [0.1, 0.15) is 27.9 Å². The van der Waals surface area contributed by atoms with Crippen molar-refractivity contribution in [2.24, 2.45) is 5.92 Å². The molecule has 1 amide bonds. The van der Waals surface area contributed by atoms with Gasteiger partial charge in [-0.05, 0) is 29.7 Å². The Bertz CT molecular complexity index is 983. The second-order valence-electron chi connectivity index (χ2n) is 7.88. The summed E-state index contributed by atoms with van der Waals surface area (Å²) in [4.78, 5) is 26.1. The van der Waals surface area contributed by atoms with Gasteiger partial charge in [0.1, 0.15) is 12.4 Å². The second-order valence-corrected chi connectivity index (χ2v) is 7.88. The summed E-state index contributed by atoms with van der Waals surface area (Å²) < 4.78 is 21.6. The smallest absolute Gasteiger partial charge is 0.410 e. The summed E-state index contributed by atoms with van der Waals surface area (Å²) in [5, 5.41) is 0. The van der Waals surface area contributed by atoms with Gasteiger partial charge in [0, 0.05) is 24.6 Å². The molecule has 7 heteroatoms.